The lowest BCUT2D eigenvalue weighted by Crippen LogP contribution is -2.47. The molecule has 1 heterocycles. The Morgan fingerprint density at radius 3 is 2.67 bits per heavy atom. The molecule has 1 aliphatic carbocycles. The molecule has 126 valence electrons. The molecule has 0 atom stereocenters. The molecule has 0 bridgehead atoms. The first-order valence-corrected chi connectivity index (χ1v) is 8.14. The number of aliphatic carboxylic acids is 1. The van der Waals surface area contributed by atoms with E-state index in [4.69, 9.17) is 5.11 Å². The van der Waals surface area contributed by atoms with Gasteiger partial charge in [0.15, 0.2) is 0 Å². The number of rotatable bonds is 5. The van der Waals surface area contributed by atoms with Crippen LogP contribution in [0.25, 0.3) is 5.69 Å². The van der Waals surface area contributed by atoms with Crippen LogP contribution in [0.3, 0.4) is 0 Å². The molecule has 24 heavy (non-hydrogen) atoms. The Balaban J connectivity index is 1.79. The van der Waals surface area contributed by atoms with Gasteiger partial charge in [0, 0.05) is 6.20 Å². The minimum Gasteiger partial charge on any atom is -0.481 e. The lowest BCUT2D eigenvalue weighted by atomic mass is 9.93. The Morgan fingerprint density at radius 2 is 2.00 bits per heavy atom. The molecule has 6 heteroatoms. The van der Waals surface area contributed by atoms with Crippen molar-refractivity contribution in [2.24, 2.45) is 0 Å². The van der Waals surface area contributed by atoms with E-state index in [-0.39, 0.29) is 12.3 Å². The standard InChI is InChI=1S/C18H21N3O3/c1-13-6-2-3-7-15(13)21-12-14(11-19-21)17(24)20-18(10-16(22)23)8-4-5-9-18/h2-3,6-7,11-12H,4-5,8-10H2,1H3,(H,20,24)(H,22,23). The minimum atomic E-state index is -0.882. The second-order valence-electron chi connectivity index (χ2n) is 6.47. The van der Waals surface area contributed by atoms with Crippen molar-refractivity contribution in [1.29, 1.82) is 0 Å². The Hall–Kier alpha value is -2.63. The second kappa shape index (κ2) is 6.47. The summed E-state index contributed by atoms with van der Waals surface area (Å²) in [5.41, 5.74) is 1.78. The lowest BCUT2D eigenvalue weighted by molar-refractivity contribution is -0.138. The SMILES string of the molecule is Cc1ccccc1-n1cc(C(=O)NC2(CC(=O)O)CCCC2)cn1. The molecule has 0 spiro atoms. The first-order chi connectivity index (χ1) is 11.5. The Kier molecular flexibility index (Phi) is 4.38. The highest BCUT2D eigenvalue weighted by atomic mass is 16.4. The molecule has 1 aliphatic rings. The zero-order chi connectivity index (χ0) is 17.2. The summed E-state index contributed by atoms with van der Waals surface area (Å²) in [5, 5.41) is 16.4. The predicted octanol–water partition coefficient (Wildman–Crippen LogP) is 2.70. The van der Waals surface area contributed by atoms with Crippen LogP contribution in [0.1, 0.15) is 48.0 Å². The number of nitrogens with one attached hydrogen (secondary N) is 1. The van der Waals surface area contributed by atoms with E-state index in [1.54, 1.807) is 10.9 Å². The van der Waals surface area contributed by atoms with Gasteiger partial charge in [-0.25, -0.2) is 4.68 Å². The largest absolute Gasteiger partial charge is 0.481 e. The van der Waals surface area contributed by atoms with Gasteiger partial charge in [-0.15, -0.1) is 0 Å². The first-order valence-electron chi connectivity index (χ1n) is 8.14. The number of hydrogen-bond acceptors (Lipinski definition) is 3. The highest BCUT2D eigenvalue weighted by molar-refractivity contribution is 5.94. The third-order valence-corrected chi connectivity index (χ3v) is 4.64. The number of aromatic nitrogens is 2. The highest BCUT2D eigenvalue weighted by Crippen LogP contribution is 2.33. The number of hydrogen-bond donors (Lipinski definition) is 2. The van der Waals surface area contributed by atoms with Crippen molar-refractivity contribution in [2.45, 2.75) is 44.6 Å². The van der Waals surface area contributed by atoms with Gasteiger partial charge in [-0.05, 0) is 31.4 Å². The summed E-state index contributed by atoms with van der Waals surface area (Å²) in [6, 6.07) is 7.79. The maximum Gasteiger partial charge on any atom is 0.305 e. The maximum atomic E-state index is 12.6. The maximum absolute atomic E-state index is 12.6. The van der Waals surface area contributed by atoms with Crippen molar-refractivity contribution in [3.8, 4) is 5.69 Å². The molecule has 1 amide bonds. The fourth-order valence-corrected chi connectivity index (χ4v) is 3.39. The van der Waals surface area contributed by atoms with Gasteiger partial charge in [0.05, 0.1) is 29.4 Å². The smallest absolute Gasteiger partial charge is 0.305 e. The summed E-state index contributed by atoms with van der Waals surface area (Å²) >= 11 is 0. The van der Waals surface area contributed by atoms with Crippen LogP contribution in [0.2, 0.25) is 0 Å². The van der Waals surface area contributed by atoms with Crippen molar-refractivity contribution < 1.29 is 14.7 Å². The molecule has 0 aliphatic heterocycles. The van der Waals surface area contributed by atoms with Crippen LogP contribution >= 0.6 is 0 Å². The molecule has 1 aromatic heterocycles. The number of nitrogens with zero attached hydrogens (tertiary/aromatic N) is 2. The number of benzene rings is 1. The van der Waals surface area contributed by atoms with Crippen molar-refractivity contribution >= 4 is 11.9 Å². The van der Waals surface area contributed by atoms with E-state index >= 15 is 0 Å². The molecule has 6 nitrogen and oxygen atoms in total. The van der Waals surface area contributed by atoms with Gasteiger partial charge in [-0.1, -0.05) is 31.0 Å². The third-order valence-electron chi connectivity index (χ3n) is 4.64. The fourth-order valence-electron chi connectivity index (χ4n) is 3.39. The summed E-state index contributed by atoms with van der Waals surface area (Å²) in [6.07, 6.45) is 6.46. The molecule has 0 saturated heterocycles. The quantitative estimate of drug-likeness (QED) is 0.884. The van der Waals surface area contributed by atoms with Gasteiger partial charge < -0.3 is 10.4 Å². The predicted molar refractivity (Wildman–Crippen MR) is 89.2 cm³/mol. The van der Waals surface area contributed by atoms with Crippen molar-refractivity contribution in [3.05, 3.63) is 47.8 Å². The summed E-state index contributed by atoms with van der Waals surface area (Å²) in [6.45, 7) is 1.98. The third kappa shape index (κ3) is 3.32. The van der Waals surface area contributed by atoms with Gasteiger partial charge in [-0.2, -0.15) is 5.10 Å². The molecular weight excluding hydrogens is 306 g/mol. The van der Waals surface area contributed by atoms with Crippen molar-refractivity contribution in [3.63, 3.8) is 0 Å². The normalized spacial score (nSPS) is 16.0. The zero-order valence-corrected chi connectivity index (χ0v) is 13.7. The average molecular weight is 327 g/mol. The highest BCUT2D eigenvalue weighted by Gasteiger charge is 2.37. The lowest BCUT2D eigenvalue weighted by Gasteiger charge is -2.28. The average Bonchev–Trinajstić information content (AvgIpc) is 3.17. The number of para-hydroxylation sites is 1. The Bertz CT molecular complexity index is 760. The molecular formula is C18H21N3O3. The van der Waals surface area contributed by atoms with Gasteiger partial charge in [0.2, 0.25) is 0 Å². The number of amides is 1. The number of aryl methyl sites for hydroxylation is 1. The van der Waals surface area contributed by atoms with Crippen LogP contribution in [0.5, 0.6) is 0 Å². The summed E-state index contributed by atoms with van der Waals surface area (Å²) < 4.78 is 1.67. The van der Waals surface area contributed by atoms with Crippen molar-refractivity contribution in [1.82, 2.24) is 15.1 Å². The summed E-state index contributed by atoms with van der Waals surface area (Å²) in [5.74, 6) is -1.15. The van der Waals surface area contributed by atoms with Gasteiger partial charge >= 0.3 is 5.97 Å². The number of carboxylic acid groups (broad SMARTS) is 1. The van der Waals surface area contributed by atoms with E-state index < -0.39 is 11.5 Å². The Labute approximate surface area is 140 Å². The van der Waals surface area contributed by atoms with Crippen molar-refractivity contribution in [2.75, 3.05) is 0 Å². The van der Waals surface area contributed by atoms with E-state index in [9.17, 15) is 9.59 Å². The minimum absolute atomic E-state index is 0.0370. The van der Waals surface area contributed by atoms with E-state index in [2.05, 4.69) is 10.4 Å². The fraction of sp³-hybridized carbons (Fsp3) is 0.389. The number of carbonyl (C=O) groups is 2. The Morgan fingerprint density at radius 1 is 1.29 bits per heavy atom. The molecule has 2 aromatic rings. The molecule has 1 aromatic carbocycles. The molecule has 1 fully saturated rings. The van der Waals surface area contributed by atoms with Gasteiger partial charge in [-0.3, -0.25) is 9.59 Å². The summed E-state index contributed by atoms with van der Waals surface area (Å²) in [4.78, 5) is 23.7. The van der Waals surface area contributed by atoms with E-state index in [0.29, 0.717) is 18.4 Å². The van der Waals surface area contributed by atoms with E-state index in [0.717, 1.165) is 24.1 Å². The van der Waals surface area contributed by atoms with Gasteiger partial charge in [0.1, 0.15) is 0 Å². The monoisotopic (exact) mass is 327 g/mol. The van der Waals surface area contributed by atoms with Crippen LogP contribution in [0.4, 0.5) is 0 Å². The summed E-state index contributed by atoms with van der Waals surface area (Å²) in [7, 11) is 0. The van der Waals surface area contributed by atoms with Crippen LogP contribution < -0.4 is 5.32 Å². The first kappa shape index (κ1) is 16.2. The van der Waals surface area contributed by atoms with E-state index in [1.807, 2.05) is 31.2 Å². The molecule has 3 rings (SSSR count). The van der Waals surface area contributed by atoms with Crippen LogP contribution in [-0.4, -0.2) is 32.3 Å². The topological polar surface area (TPSA) is 84.2 Å². The number of carbonyl (C=O) groups excluding carboxylic acids is 1. The van der Waals surface area contributed by atoms with Crippen LogP contribution in [-0.2, 0) is 4.79 Å². The van der Waals surface area contributed by atoms with Crippen LogP contribution in [0.15, 0.2) is 36.7 Å². The second-order valence-corrected chi connectivity index (χ2v) is 6.47. The number of carboxylic acids is 1. The van der Waals surface area contributed by atoms with E-state index in [1.165, 1.54) is 6.20 Å². The van der Waals surface area contributed by atoms with Gasteiger partial charge in [0.25, 0.3) is 5.91 Å². The molecule has 1 saturated carbocycles. The molecule has 0 unspecified atom stereocenters. The van der Waals surface area contributed by atoms with Crippen LogP contribution in [0, 0.1) is 6.92 Å². The molecule has 0 radical (unpaired) electrons. The molecule has 2 N–H and O–H groups in total. The zero-order valence-electron chi connectivity index (χ0n) is 13.7.